The number of aliphatic hydroxyl groups excluding tert-OH is 1. The molecule has 37 heavy (non-hydrogen) atoms. The molecule has 1 heterocycles. The lowest BCUT2D eigenvalue weighted by Crippen LogP contribution is -2.55. The monoisotopic (exact) mass is 559 g/mol. The van der Waals surface area contributed by atoms with Crippen LogP contribution >= 0.6 is 11.6 Å². The van der Waals surface area contributed by atoms with Crippen molar-refractivity contribution in [2.75, 3.05) is 6.54 Å². The molecule has 3 rings (SSSR count). The first-order valence-electron chi connectivity index (χ1n) is 12.2. The average Bonchev–Trinajstić information content (AvgIpc) is 3.41. The lowest BCUT2D eigenvalue weighted by Gasteiger charge is -2.28. The predicted molar refractivity (Wildman–Crippen MR) is 135 cm³/mol. The van der Waals surface area contributed by atoms with Gasteiger partial charge in [0.2, 0.25) is 17.3 Å². The number of alkyl carbamates (subject to hydrolysis) is 1. The highest BCUT2D eigenvalue weighted by Gasteiger charge is 2.47. The molecule has 1 saturated heterocycles. The fourth-order valence-corrected chi connectivity index (χ4v) is 5.27. The maximum atomic E-state index is 13.1. The van der Waals surface area contributed by atoms with Gasteiger partial charge < -0.3 is 25.8 Å². The summed E-state index contributed by atoms with van der Waals surface area (Å²) in [7, 11) is -4.94. The summed E-state index contributed by atoms with van der Waals surface area (Å²) in [6, 6.07) is 4.66. The van der Waals surface area contributed by atoms with E-state index in [1.807, 2.05) is 26.0 Å². The smallest absolute Gasteiger partial charge is 0.408 e. The summed E-state index contributed by atoms with van der Waals surface area (Å²) >= 11 is 6.05. The van der Waals surface area contributed by atoms with E-state index in [4.69, 9.17) is 16.3 Å². The van der Waals surface area contributed by atoms with E-state index in [1.54, 1.807) is 12.1 Å². The van der Waals surface area contributed by atoms with Crippen molar-refractivity contribution in [3.05, 3.63) is 34.9 Å². The van der Waals surface area contributed by atoms with Crippen molar-refractivity contribution in [2.45, 2.75) is 75.5 Å². The Hall–Kier alpha value is -2.41. The highest BCUT2D eigenvalue weighted by molar-refractivity contribution is 7.86. The van der Waals surface area contributed by atoms with Crippen molar-refractivity contribution in [2.24, 2.45) is 11.8 Å². The predicted octanol–water partition coefficient (Wildman–Crippen LogP) is 1.77. The normalized spacial score (nSPS) is 21.0. The third kappa shape index (κ3) is 8.56. The van der Waals surface area contributed by atoms with Crippen LogP contribution in [0.5, 0.6) is 0 Å². The van der Waals surface area contributed by atoms with Crippen molar-refractivity contribution in [1.82, 2.24) is 16.0 Å². The minimum absolute atomic E-state index is 0.0389. The van der Waals surface area contributed by atoms with Crippen LogP contribution in [0.25, 0.3) is 0 Å². The maximum Gasteiger partial charge on any atom is 0.408 e. The third-order valence-electron chi connectivity index (χ3n) is 6.53. The number of carbonyl (C=O) groups excluding carboxylic acids is 3. The molecule has 0 aromatic heterocycles. The van der Waals surface area contributed by atoms with Gasteiger partial charge in [0.25, 0.3) is 10.1 Å². The number of halogens is 1. The molecule has 13 heteroatoms. The SMILES string of the molecule is CC(C)CC(NC(=O)OC1(Cc2cccc(Cl)c2)CC1)C(=O)NC(C[C@@H]1CCNC1=O)C(O)S(=O)(=O)O. The van der Waals surface area contributed by atoms with Gasteiger partial charge in [-0.25, -0.2) is 4.79 Å². The minimum Gasteiger partial charge on any atom is -0.443 e. The maximum absolute atomic E-state index is 13.1. The average molecular weight is 560 g/mol. The molecule has 0 bridgehead atoms. The zero-order valence-electron chi connectivity index (χ0n) is 20.8. The van der Waals surface area contributed by atoms with E-state index in [9.17, 15) is 32.5 Å². The summed E-state index contributed by atoms with van der Waals surface area (Å²) in [5, 5.41) is 18.3. The van der Waals surface area contributed by atoms with Gasteiger partial charge in [-0.15, -0.1) is 0 Å². The van der Waals surface area contributed by atoms with Crippen LogP contribution in [-0.2, 0) is 30.9 Å². The first-order valence-corrected chi connectivity index (χ1v) is 14.1. The number of carbonyl (C=O) groups is 3. The van der Waals surface area contributed by atoms with E-state index >= 15 is 0 Å². The highest BCUT2D eigenvalue weighted by atomic mass is 35.5. The van der Waals surface area contributed by atoms with Crippen molar-refractivity contribution < 1.29 is 37.2 Å². The molecule has 2 aliphatic rings. The zero-order valence-corrected chi connectivity index (χ0v) is 22.3. The van der Waals surface area contributed by atoms with Crippen LogP contribution in [0, 0.1) is 11.8 Å². The Bertz CT molecular complexity index is 1110. The Labute approximate surface area is 221 Å². The van der Waals surface area contributed by atoms with Gasteiger partial charge in [-0.2, -0.15) is 8.42 Å². The number of benzene rings is 1. The lowest BCUT2D eigenvalue weighted by molar-refractivity contribution is -0.126. The molecule has 11 nitrogen and oxygen atoms in total. The van der Waals surface area contributed by atoms with Crippen molar-refractivity contribution in [3.63, 3.8) is 0 Å². The van der Waals surface area contributed by atoms with Crippen molar-refractivity contribution in [1.29, 1.82) is 0 Å². The quantitative estimate of drug-likeness (QED) is 0.241. The molecular weight excluding hydrogens is 526 g/mol. The standard InChI is InChI=1S/C24H34ClN3O8S/c1-14(2)10-18(28-23(32)36-24(7-8-24)13-15-4-3-5-17(25)11-15)21(30)27-19(22(31)37(33,34)35)12-16-6-9-26-20(16)29/h3-5,11,14,16,18-19,22,31H,6-10,12-13H2,1-2H3,(H,26,29)(H,27,30)(H,28,32)(H,33,34,35)/t16-,18?,19?,22?/m0/s1. The Morgan fingerprint density at radius 3 is 2.51 bits per heavy atom. The van der Waals surface area contributed by atoms with Crippen LogP contribution in [0.1, 0.15) is 51.5 Å². The van der Waals surface area contributed by atoms with E-state index in [0.29, 0.717) is 37.3 Å². The lowest BCUT2D eigenvalue weighted by atomic mass is 9.97. The molecule has 0 spiro atoms. The molecule has 5 N–H and O–H groups in total. The van der Waals surface area contributed by atoms with Gasteiger partial charge in [-0.1, -0.05) is 37.6 Å². The van der Waals surface area contributed by atoms with E-state index in [2.05, 4.69) is 16.0 Å². The minimum atomic E-state index is -4.94. The topological polar surface area (TPSA) is 171 Å². The van der Waals surface area contributed by atoms with Crippen LogP contribution in [-0.4, -0.2) is 65.7 Å². The number of hydrogen-bond acceptors (Lipinski definition) is 7. The summed E-state index contributed by atoms with van der Waals surface area (Å²) in [4.78, 5) is 37.9. The molecule has 206 valence electrons. The van der Waals surface area contributed by atoms with Crippen LogP contribution in [0.15, 0.2) is 24.3 Å². The molecule has 3 amide bonds. The second-order valence-electron chi connectivity index (χ2n) is 10.2. The molecule has 1 aromatic rings. The number of hydrogen-bond donors (Lipinski definition) is 5. The zero-order chi connectivity index (χ0) is 27.4. The fourth-order valence-electron chi connectivity index (χ4n) is 4.46. The van der Waals surface area contributed by atoms with Crippen LogP contribution in [0.4, 0.5) is 4.79 Å². The number of aliphatic hydroxyl groups is 1. The van der Waals surface area contributed by atoms with Crippen LogP contribution < -0.4 is 16.0 Å². The summed E-state index contributed by atoms with van der Waals surface area (Å²) in [5.41, 5.74) is -2.14. The molecule has 1 aliphatic heterocycles. The third-order valence-corrected chi connectivity index (χ3v) is 7.70. The summed E-state index contributed by atoms with van der Waals surface area (Å²) in [6.45, 7) is 4.05. The molecule has 1 aromatic carbocycles. The summed E-state index contributed by atoms with van der Waals surface area (Å²) < 4.78 is 38.3. The molecule has 0 radical (unpaired) electrons. The number of nitrogens with one attached hydrogen (secondary N) is 3. The first-order chi connectivity index (χ1) is 17.3. The Morgan fingerprint density at radius 1 is 1.27 bits per heavy atom. The highest BCUT2D eigenvalue weighted by Crippen LogP contribution is 2.43. The first kappa shape index (κ1) is 29.2. The molecular formula is C24H34ClN3O8S. The number of amides is 3. The summed E-state index contributed by atoms with van der Waals surface area (Å²) in [6.07, 6.45) is 1.34. The molecule has 4 atom stereocenters. The van der Waals surface area contributed by atoms with Gasteiger partial charge in [0.05, 0.1) is 6.04 Å². The van der Waals surface area contributed by atoms with Crippen LogP contribution in [0.3, 0.4) is 0 Å². The molecule has 2 fully saturated rings. The Balaban J connectivity index is 1.68. The van der Waals surface area contributed by atoms with Crippen molar-refractivity contribution >= 4 is 39.6 Å². The fraction of sp³-hybridized carbons (Fsp3) is 0.625. The molecule has 3 unspecified atom stereocenters. The second-order valence-corrected chi connectivity index (χ2v) is 12.2. The van der Waals surface area contributed by atoms with E-state index < -0.39 is 51.2 Å². The van der Waals surface area contributed by atoms with Gasteiger partial charge in [0.1, 0.15) is 11.6 Å². The van der Waals surface area contributed by atoms with Gasteiger partial charge >= 0.3 is 6.09 Å². The molecule has 1 saturated carbocycles. The van der Waals surface area contributed by atoms with Crippen molar-refractivity contribution in [3.8, 4) is 0 Å². The van der Waals surface area contributed by atoms with E-state index in [1.165, 1.54) is 0 Å². The molecule has 1 aliphatic carbocycles. The van der Waals surface area contributed by atoms with Gasteiger partial charge in [-0.05, 0) is 55.7 Å². The van der Waals surface area contributed by atoms with Gasteiger partial charge in [0, 0.05) is 23.9 Å². The van der Waals surface area contributed by atoms with Gasteiger partial charge in [0.15, 0.2) is 0 Å². The Kier molecular flexibility index (Phi) is 9.43. The van der Waals surface area contributed by atoms with E-state index in [-0.39, 0.29) is 24.7 Å². The second kappa shape index (κ2) is 12.0. The number of rotatable bonds is 12. The van der Waals surface area contributed by atoms with E-state index in [0.717, 1.165) is 5.56 Å². The number of ether oxygens (including phenoxy) is 1. The summed E-state index contributed by atoms with van der Waals surface area (Å²) in [5.74, 6) is -1.79. The Morgan fingerprint density at radius 2 is 1.97 bits per heavy atom. The van der Waals surface area contributed by atoms with Gasteiger partial charge in [-0.3, -0.25) is 14.1 Å². The largest absolute Gasteiger partial charge is 0.443 e. The van der Waals surface area contributed by atoms with Crippen LogP contribution in [0.2, 0.25) is 5.02 Å².